The first-order valence-electron chi connectivity index (χ1n) is 8.00. The Hall–Kier alpha value is -2.43. The van der Waals surface area contributed by atoms with Crippen molar-refractivity contribution in [2.24, 2.45) is 0 Å². The monoisotopic (exact) mass is 312 g/mol. The predicted octanol–water partition coefficient (Wildman–Crippen LogP) is 3.03. The molecule has 5 nitrogen and oxygen atoms in total. The summed E-state index contributed by atoms with van der Waals surface area (Å²) in [6.07, 6.45) is 5.53. The summed E-state index contributed by atoms with van der Waals surface area (Å²) in [5.41, 5.74) is 3.27. The molecular formula is C18H24N4O. The first-order valence-corrected chi connectivity index (χ1v) is 8.00. The highest BCUT2D eigenvalue weighted by Crippen LogP contribution is 2.19. The van der Waals surface area contributed by atoms with E-state index in [-0.39, 0.29) is 11.9 Å². The molecule has 2 rings (SSSR count). The van der Waals surface area contributed by atoms with Gasteiger partial charge in [0.05, 0.1) is 0 Å². The fraction of sp³-hybridized carbons (Fsp3) is 0.389. The molecule has 0 aliphatic heterocycles. The van der Waals surface area contributed by atoms with Gasteiger partial charge in [-0.05, 0) is 30.9 Å². The van der Waals surface area contributed by atoms with Gasteiger partial charge in [-0.15, -0.1) is 0 Å². The number of anilines is 1. The molecule has 0 bridgehead atoms. The minimum atomic E-state index is 0.00282. The molecule has 0 radical (unpaired) electrons. The Kier molecular flexibility index (Phi) is 6.09. The minimum absolute atomic E-state index is 0.00282. The van der Waals surface area contributed by atoms with Gasteiger partial charge in [-0.3, -0.25) is 4.79 Å². The summed E-state index contributed by atoms with van der Waals surface area (Å²) in [7, 11) is 0. The molecule has 0 aliphatic carbocycles. The van der Waals surface area contributed by atoms with Crippen LogP contribution < -0.4 is 10.6 Å². The maximum absolute atomic E-state index is 11.0. The average molecular weight is 312 g/mol. The number of carbonyl (C=O) groups excluding carboxylic acids is 1. The van der Waals surface area contributed by atoms with Crippen LogP contribution >= 0.6 is 0 Å². The lowest BCUT2D eigenvalue weighted by Crippen LogP contribution is -2.31. The van der Waals surface area contributed by atoms with Crippen molar-refractivity contribution >= 4 is 11.9 Å². The summed E-state index contributed by atoms with van der Waals surface area (Å²) >= 11 is 0. The van der Waals surface area contributed by atoms with E-state index in [1.807, 2.05) is 19.3 Å². The van der Waals surface area contributed by atoms with Crippen LogP contribution in [0.4, 0.5) is 5.95 Å². The van der Waals surface area contributed by atoms with Gasteiger partial charge in [0.2, 0.25) is 11.9 Å². The SMILES string of the molecule is CCCNc1ncc(-c2ccc(CC(C)NC(C)=O)cc2)cn1. The van der Waals surface area contributed by atoms with Crippen LogP contribution in [0.2, 0.25) is 0 Å². The van der Waals surface area contributed by atoms with E-state index in [4.69, 9.17) is 0 Å². The lowest BCUT2D eigenvalue weighted by atomic mass is 10.0. The second-order valence-corrected chi connectivity index (χ2v) is 5.72. The third kappa shape index (κ3) is 5.36. The van der Waals surface area contributed by atoms with Crippen molar-refractivity contribution < 1.29 is 4.79 Å². The van der Waals surface area contributed by atoms with E-state index in [1.54, 1.807) is 6.92 Å². The number of hydrogen-bond donors (Lipinski definition) is 2. The fourth-order valence-electron chi connectivity index (χ4n) is 2.39. The first kappa shape index (κ1) is 16.9. The zero-order chi connectivity index (χ0) is 16.7. The number of amides is 1. The van der Waals surface area contributed by atoms with Crippen LogP contribution in [0, 0.1) is 0 Å². The van der Waals surface area contributed by atoms with Crippen LogP contribution in [-0.4, -0.2) is 28.5 Å². The molecule has 122 valence electrons. The number of nitrogens with one attached hydrogen (secondary N) is 2. The highest BCUT2D eigenvalue weighted by molar-refractivity contribution is 5.73. The number of rotatable bonds is 7. The molecule has 0 spiro atoms. The van der Waals surface area contributed by atoms with E-state index in [1.165, 1.54) is 5.56 Å². The molecule has 0 saturated heterocycles. The Morgan fingerprint density at radius 3 is 2.35 bits per heavy atom. The molecule has 23 heavy (non-hydrogen) atoms. The largest absolute Gasteiger partial charge is 0.354 e. The standard InChI is InChI=1S/C18H24N4O/c1-4-9-19-18-20-11-17(12-21-18)16-7-5-15(6-8-16)10-13(2)22-14(3)23/h5-8,11-13H,4,9-10H2,1-3H3,(H,22,23)(H,19,20,21). The Bertz CT molecular complexity index is 622. The van der Waals surface area contributed by atoms with Gasteiger partial charge in [-0.25, -0.2) is 9.97 Å². The summed E-state index contributed by atoms with van der Waals surface area (Å²) in [5, 5.41) is 6.06. The van der Waals surface area contributed by atoms with Gasteiger partial charge in [-0.2, -0.15) is 0 Å². The average Bonchev–Trinajstić information content (AvgIpc) is 2.53. The van der Waals surface area contributed by atoms with Gasteiger partial charge in [-0.1, -0.05) is 31.2 Å². The van der Waals surface area contributed by atoms with Gasteiger partial charge >= 0.3 is 0 Å². The number of nitrogens with zero attached hydrogens (tertiary/aromatic N) is 2. The summed E-state index contributed by atoms with van der Waals surface area (Å²) in [6, 6.07) is 8.42. The maximum atomic E-state index is 11.0. The van der Waals surface area contributed by atoms with E-state index < -0.39 is 0 Å². The van der Waals surface area contributed by atoms with Gasteiger partial charge in [0.1, 0.15) is 0 Å². The van der Waals surface area contributed by atoms with Crippen molar-refractivity contribution in [1.29, 1.82) is 0 Å². The second-order valence-electron chi connectivity index (χ2n) is 5.72. The molecular weight excluding hydrogens is 288 g/mol. The topological polar surface area (TPSA) is 66.9 Å². The zero-order valence-corrected chi connectivity index (χ0v) is 14.0. The molecule has 1 aromatic heterocycles. The normalized spacial score (nSPS) is 11.8. The van der Waals surface area contributed by atoms with Gasteiger partial charge < -0.3 is 10.6 Å². The molecule has 1 heterocycles. The van der Waals surface area contributed by atoms with Gasteiger partial charge in [0.25, 0.3) is 0 Å². The second kappa shape index (κ2) is 8.27. The lowest BCUT2D eigenvalue weighted by molar-refractivity contribution is -0.119. The summed E-state index contributed by atoms with van der Waals surface area (Å²) in [6.45, 7) is 6.53. The Balaban J connectivity index is 2.00. The van der Waals surface area contributed by atoms with Gasteiger partial charge in [0.15, 0.2) is 0 Å². The Morgan fingerprint density at radius 2 is 1.78 bits per heavy atom. The predicted molar refractivity (Wildman–Crippen MR) is 93.2 cm³/mol. The van der Waals surface area contributed by atoms with Crippen molar-refractivity contribution in [2.45, 2.75) is 39.7 Å². The molecule has 1 unspecified atom stereocenters. The van der Waals surface area contributed by atoms with Crippen LogP contribution in [-0.2, 0) is 11.2 Å². The molecule has 1 atom stereocenters. The third-order valence-electron chi connectivity index (χ3n) is 3.46. The Morgan fingerprint density at radius 1 is 1.13 bits per heavy atom. The van der Waals surface area contributed by atoms with Crippen molar-refractivity contribution in [3.63, 3.8) is 0 Å². The van der Waals surface area contributed by atoms with Crippen molar-refractivity contribution in [1.82, 2.24) is 15.3 Å². The minimum Gasteiger partial charge on any atom is -0.354 e. The van der Waals surface area contributed by atoms with Crippen LogP contribution in [0.5, 0.6) is 0 Å². The molecule has 0 aliphatic rings. The molecule has 1 amide bonds. The summed E-state index contributed by atoms with van der Waals surface area (Å²) in [4.78, 5) is 19.7. The highest BCUT2D eigenvalue weighted by atomic mass is 16.1. The fourth-order valence-corrected chi connectivity index (χ4v) is 2.39. The molecule has 1 aromatic carbocycles. The van der Waals surface area contributed by atoms with Crippen molar-refractivity contribution in [2.75, 3.05) is 11.9 Å². The van der Waals surface area contributed by atoms with Crippen LogP contribution in [0.1, 0.15) is 32.8 Å². The van der Waals surface area contributed by atoms with Crippen LogP contribution in [0.25, 0.3) is 11.1 Å². The highest BCUT2D eigenvalue weighted by Gasteiger charge is 2.06. The van der Waals surface area contributed by atoms with E-state index >= 15 is 0 Å². The number of aromatic nitrogens is 2. The first-order chi connectivity index (χ1) is 11.1. The Labute approximate surface area is 137 Å². The number of benzene rings is 1. The molecule has 5 heteroatoms. The lowest BCUT2D eigenvalue weighted by Gasteiger charge is -2.12. The summed E-state index contributed by atoms with van der Waals surface area (Å²) < 4.78 is 0. The number of carbonyl (C=O) groups is 1. The van der Waals surface area contributed by atoms with Crippen molar-refractivity contribution in [3.05, 3.63) is 42.2 Å². The van der Waals surface area contributed by atoms with E-state index in [0.29, 0.717) is 5.95 Å². The van der Waals surface area contributed by atoms with Crippen LogP contribution in [0.15, 0.2) is 36.7 Å². The molecule has 2 N–H and O–H groups in total. The van der Waals surface area contributed by atoms with E-state index in [9.17, 15) is 4.79 Å². The molecule has 2 aromatic rings. The quantitative estimate of drug-likeness (QED) is 0.824. The van der Waals surface area contributed by atoms with E-state index in [2.05, 4.69) is 51.8 Å². The third-order valence-corrected chi connectivity index (χ3v) is 3.46. The van der Waals surface area contributed by atoms with Crippen LogP contribution in [0.3, 0.4) is 0 Å². The maximum Gasteiger partial charge on any atom is 0.222 e. The smallest absolute Gasteiger partial charge is 0.222 e. The zero-order valence-electron chi connectivity index (χ0n) is 14.0. The number of hydrogen-bond acceptors (Lipinski definition) is 4. The molecule has 0 fully saturated rings. The van der Waals surface area contributed by atoms with Crippen molar-refractivity contribution in [3.8, 4) is 11.1 Å². The van der Waals surface area contributed by atoms with E-state index in [0.717, 1.165) is 30.5 Å². The molecule has 0 saturated carbocycles. The summed E-state index contributed by atoms with van der Waals surface area (Å²) in [5.74, 6) is 0.666. The van der Waals surface area contributed by atoms with Gasteiger partial charge in [0, 0.05) is 37.5 Å².